The van der Waals surface area contributed by atoms with Gasteiger partial charge in [-0.15, -0.1) is 0 Å². The van der Waals surface area contributed by atoms with E-state index in [2.05, 4.69) is 43.0 Å². The molecule has 0 bridgehead atoms. The molecular formula is C24H24O2Sn. The van der Waals surface area contributed by atoms with Crippen molar-refractivity contribution >= 4 is 35.5 Å². The van der Waals surface area contributed by atoms with Crippen molar-refractivity contribution < 1.29 is 7.87 Å². The normalized spacial score (nSPS) is 11.6. The van der Waals surface area contributed by atoms with Crippen LogP contribution in [0.2, 0.25) is 0 Å². The van der Waals surface area contributed by atoms with Gasteiger partial charge in [-0.1, -0.05) is 0 Å². The molecule has 0 aliphatic heterocycles. The van der Waals surface area contributed by atoms with E-state index in [0.29, 0.717) is 0 Å². The van der Waals surface area contributed by atoms with Crippen molar-refractivity contribution in [2.45, 2.75) is 13.8 Å². The Morgan fingerprint density at radius 2 is 1.11 bits per heavy atom. The standard InChI is InChI=1S/C6H10O2.3C6H5.Sn/c1-4-6(2,3)5(7)8;3*1-2-4-6-5-3-1;/h4H,1H2,2-3H3,(H,7,8);3*1-5H;/q;;;;+1/p-1. The molecule has 2 nitrogen and oxygen atoms in total. The van der Waals surface area contributed by atoms with E-state index >= 15 is 0 Å². The van der Waals surface area contributed by atoms with Crippen molar-refractivity contribution in [1.82, 2.24) is 0 Å². The fraction of sp³-hybridized carbons (Fsp3) is 0.125. The first-order valence-corrected chi connectivity index (χ1v) is 14.5. The van der Waals surface area contributed by atoms with Crippen LogP contribution in [0.5, 0.6) is 0 Å². The van der Waals surface area contributed by atoms with E-state index in [1.807, 2.05) is 68.4 Å². The second-order valence-electron chi connectivity index (χ2n) is 7.09. The van der Waals surface area contributed by atoms with Gasteiger partial charge in [-0.25, -0.2) is 0 Å². The quantitative estimate of drug-likeness (QED) is 0.414. The molecule has 3 rings (SSSR count). The zero-order valence-electron chi connectivity index (χ0n) is 15.8. The average molecular weight is 463 g/mol. The Morgan fingerprint density at radius 3 is 1.41 bits per heavy atom. The van der Waals surface area contributed by atoms with E-state index in [9.17, 15) is 4.79 Å². The van der Waals surface area contributed by atoms with E-state index < -0.39 is 24.2 Å². The minimum absolute atomic E-state index is 0.232. The molecule has 0 aliphatic rings. The summed E-state index contributed by atoms with van der Waals surface area (Å²) in [6.07, 6.45) is 1.66. The summed E-state index contributed by atoms with van der Waals surface area (Å²) in [7, 11) is 0. The molecule has 3 aromatic rings. The number of carbonyl (C=O) groups is 1. The second-order valence-corrected chi connectivity index (χ2v) is 16.5. The van der Waals surface area contributed by atoms with Crippen LogP contribution in [0, 0.1) is 5.41 Å². The predicted octanol–water partition coefficient (Wildman–Crippen LogP) is 3.41. The van der Waals surface area contributed by atoms with Crippen LogP contribution in [-0.4, -0.2) is 24.8 Å². The van der Waals surface area contributed by atoms with E-state index in [-0.39, 0.29) is 5.97 Å². The zero-order valence-corrected chi connectivity index (χ0v) is 18.6. The molecule has 0 amide bonds. The summed E-state index contributed by atoms with van der Waals surface area (Å²) in [5, 5.41) is 0. The van der Waals surface area contributed by atoms with Crippen LogP contribution in [0.3, 0.4) is 0 Å². The van der Waals surface area contributed by atoms with Gasteiger partial charge in [-0.05, 0) is 0 Å². The van der Waals surface area contributed by atoms with Gasteiger partial charge in [0.05, 0.1) is 0 Å². The molecule has 0 fully saturated rings. The van der Waals surface area contributed by atoms with Crippen molar-refractivity contribution in [2.75, 3.05) is 0 Å². The van der Waals surface area contributed by atoms with E-state index in [0.717, 1.165) is 10.7 Å². The Hall–Kier alpha value is -2.33. The summed E-state index contributed by atoms with van der Waals surface area (Å²) in [6, 6.07) is 30.6. The van der Waals surface area contributed by atoms with Gasteiger partial charge in [0.25, 0.3) is 0 Å². The molecule has 0 saturated heterocycles. The monoisotopic (exact) mass is 464 g/mol. The Morgan fingerprint density at radius 1 is 0.778 bits per heavy atom. The van der Waals surface area contributed by atoms with Crippen molar-refractivity contribution in [3.63, 3.8) is 0 Å². The summed E-state index contributed by atoms with van der Waals surface area (Å²) in [6.45, 7) is 7.52. The van der Waals surface area contributed by atoms with Gasteiger partial charge in [0, 0.05) is 0 Å². The van der Waals surface area contributed by atoms with Crippen LogP contribution in [0.4, 0.5) is 0 Å². The third-order valence-corrected chi connectivity index (χ3v) is 16.0. The minimum atomic E-state index is -4.02. The molecule has 0 radical (unpaired) electrons. The Balaban J connectivity index is 2.29. The molecule has 0 saturated carbocycles. The maximum atomic E-state index is 13.2. The van der Waals surface area contributed by atoms with Crippen molar-refractivity contribution in [1.29, 1.82) is 0 Å². The van der Waals surface area contributed by atoms with Crippen LogP contribution in [0.25, 0.3) is 0 Å². The summed E-state index contributed by atoms with van der Waals surface area (Å²) in [5.74, 6) is -0.232. The summed E-state index contributed by atoms with van der Waals surface area (Å²) < 4.78 is 9.88. The van der Waals surface area contributed by atoms with Gasteiger partial charge in [-0.3, -0.25) is 0 Å². The van der Waals surface area contributed by atoms with Gasteiger partial charge >= 0.3 is 166 Å². The molecule has 0 spiro atoms. The molecule has 0 aromatic heterocycles. The molecule has 3 heteroatoms. The molecule has 27 heavy (non-hydrogen) atoms. The maximum absolute atomic E-state index is 13.2. The topological polar surface area (TPSA) is 26.3 Å². The zero-order chi connectivity index (χ0) is 19.3. The Kier molecular flexibility index (Phi) is 5.85. The van der Waals surface area contributed by atoms with Gasteiger partial charge in [0.2, 0.25) is 0 Å². The molecule has 0 aliphatic carbocycles. The molecule has 0 heterocycles. The third kappa shape index (κ3) is 3.86. The fourth-order valence-corrected chi connectivity index (χ4v) is 14.1. The van der Waals surface area contributed by atoms with Crippen molar-refractivity contribution in [2.24, 2.45) is 5.41 Å². The Labute approximate surface area is 165 Å². The number of hydrogen-bond acceptors (Lipinski definition) is 2. The third-order valence-electron chi connectivity index (χ3n) is 4.82. The van der Waals surface area contributed by atoms with Gasteiger partial charge < -0.3 is 0 Å². The number of carbonyl (C=O) groups excluding carboxylic acids is 1. The van der Waals surface area contributed by atoms with Gasteiger partial charge in [0.15, 0.2) is 0 Å². The van der Waals surface area contributed by atoms with Crippen molar-refractivity contribution in [3.05, 3.63) is 104 Å². The molecular weight excluding hydrogens is 439 g/mol. The number of rotatable bonds is 6. The molecule has 136 valence electrons. The first-order valence-electron chi connectivity index (χ1n) is 9.04. The first kappa shape index (κ1) is 19.4. The van der Waals surface area contributed by atoms with Gasteiger partial charge in [-0.2, -0.15) is 0 Å². The summed E-state index contributed by atoms with van der Waals surface area (Å²) in [5.41, 5.74) is -0.749. The van der Waals surface area contributed by atoms with E-state index in [1.54, 1.807) is 6.08 Å². The van der Waals surface area contributed by atoms with Crippen LogP contribution in [0.1, 0.15) is 13.8 Å². The van der Waals surface area contributed by atoms with E-state index in [4.69, 9.17) is 3.07 Å². The van der Waals surface area contributed by atoms with Crippen LogP contribution >= 0.6 is 0 Å². The Bertz CT molecular complexity index is 806. The van der Waals surface area contributed by atoms with Gasteiger partial charge in [0.1, 0.15) is 0 Å². The molecule has 0 atom stereocenters. The fourth-order valence-electron chi connectivity index (χ4n) is 3.05. The van der Waals surface area contributed by atoms with Crippen LogP contribution in [-0.2, 0) is 7.87 Å². The van der Waals surface area contributed by atoms with Crippen molar-refractivity contribution in [3.8, 4) is 0 Å². The summed E-state index contributed by atoms with van der Waals surface area (Å²) >= 11 is -4.02. The average Bonchev–Trinajstić information content (AvgIpc) is 2.73. The SMILES string of the molecule is C=CC(C)(C)C(=O)[O][Sn]([c]1ccccc1)([c]1ccccc1)[c]1ccccc1. The molecule has 3 aromatic carbocycles. The molecule has 0 N–H and O–H groups in total. The van der Waals surface area contributed by atoms with Crippen LogP contribution in [0.15, 0.2) is 104 Å². The second kappa shape index (κ2) is 8.13. The number of hydrogen-bond donors (Lipinski definition) is 0. The van der Waals surface area contributed by atoms with E-state index in [1.165, 1.54) is 0 Å². The number of benzene rings is 3. The van der Waals surface area contributed by atoms with Crippen LogP contribution < -0.4 is 10.7 Å². The summed E-state index contributed by atoms with van der Waals surface area (Å²) in [4.78, 5) is 13.2. The first-order chi connectivity index (χ1) is 13.0. The molecule has 0 unspecified atom stereocenters. The predicted molar refractivity (Wildman–Crippen MR) is 114 cm³/mol.